The fourth-order valence-corrected chi connectivity index (χ4v) is 4.14. The van der Waals surface area contributed by atoms with Gasteiger partial charge in [0.25, 0.3) is 0 Å². The Kier molecular flexibility index (Phi) is 5.33. The Hall–Kier alpha value is -3.52. The molecule has 4 aromatic rings. The van der Waals surface area contributed by atoms with Crippen molar-refractivity contribution < 1.29 is 23.1 Å². The highest BCUT2D eigenvalue weighted by Crippen LogP contribution is 2.40. The van der Waals surface area contributed by atoms with Crippen molar-refractivity contribution >= 4 is 39.3 Å². The first-order valence-electron chi connectivity index (χ1n) is 9.08. The number of thiazole rings is 1. The molecule has 2 aromatic carbocycles. The van der Waals surface area contributed by atoms with Gasteiger partial charge < -0.3 is 9.15 Å². The summed E-state index contributed by atoms with van der Waals surface area (Å²) in [6.45, 7) is 1.62. The first kappa shape index (κ1) is 19.8. The van der Waals surface area contributed by atoms with Gasteiger partial charge in [-0.05, 0) is 36.8 Å². The number of furan rings is 1. The number of rotatable bonds is 5. The van der Waals surface area contributed by atoms with Gasteiger partial charge in [-0.2, -0.15) is 0 Å². The average molecular weight is 424 g/mol. The minimum Gasteiger partial charge on any atom is -0.465 e. The summed E-state index contributed by atoms with van der Waals surface area (Å²) in [7, 11) is 1.28. The Labute approximate surface area is 175 Å². The molecule has 0 atom stereocenters. The number of anilines is 1. The quantitative estimate of drug-likeness (QED) is 0.458. The molecule has 0 unspecified atom stereocenters. The van der Waals surface area contributed by atoms with E-state index in [9.17, 15) is 14.0 Å². The van der Waals surface area contributed by atoms with Crippen molar-refractivity contribution in [2.45, 2.75) is 13.3 Å². The zero-order chi connectivity index (χ0) is 21.3. The number of esters is 1. The number of benzene rings is 2. The lowest BCUT2D eigenvalue weighted by Gasteiger charge is -2.05. The van der Waals surface area contributed by atoms with E-state index in [1.165, 1.54) is 42.7 Å². The van der Waals surface area contributed by atoms with Gasteiger partial charge in [-0.25, -0.2) is 14.2 Å². The standard InChI is InChI=1S/C22H17FN2O4S/c1-12-18(22(27)28-2)19(21-24-15-5-3-4-6-16(15)30-21)20(29-12)25-17(26)11-13-7-9-14(23)10-8-13/h3-10H,11H2,1-2H3,(H,25,26). The molecule has 0 fully saturated rings. The summed E-state index contributed by atoms with van der Waals surface area (Å²) in [6.07, 6.45) is 0.0207. The third-order valence-corrected chi connectivity index (χ3v) is 5.57. The number of ether oxygens (including phenoxy) is 1. The number of carbonyl (C=O) groups excluding carboxylic acids is 2. The molecule has 0 saturated heterocycles. The number of aromatic nitrogens is 1. The van der Waals surface area contributed by atoms with E-state index in [2.05, 4.69) is 10.3 Å². The van der Waals surface area contributed by atoms with Crippen LogP contribution in [0.2, 0.25) is 0 Å². The smallest absolute Gasteiger partial charge is 0.342 e. The molecule has 0 spiro atoms. The molecule has 1 N–H and O–H groups in total. The zero-order valence-corrected chi connectivity index (χ0v) is 17.0. The lowest BCUT2D eigenvalue weighted by molar-refractivity contribution is -0.115. The van der Waals surface area contributed by atoms with E-state index >= 15 is 0 Å². The summed E-state index contributed by atoms with van der Waals surface area (Å²) in [5, 5.41) is 3.25. The molecule has 0 aliphatic heterocycles. The van der Waals surface area contributed by atoms with Crippen molar-refractivity contribution in [1.29, 1.82) is 0 Å². The van der Waals surface area contributed by atoms with Crippen LogP contribution in [0.5, 0.6) is 0 Å². The number of nitrogens with zero attached hydrogens (tertiary/aromatic N) is 1. The third-order valence-electron chi connectivity index (χ3n) is 4.51. The van der Waals surface area contributed by atoms with Crippen molar-refractivity contribution in [2.75, 3.05) is 12.4 Å². The average Bonchev–Trinajstić information content (AvgIpc) is 3.29. The van der Waals surface area contributed by atoms with Gasteiger partial charge >= 0.3 is 5.97 Å². The highest BCUT2D eigenvalue weighted by atomic mass is 32.1. The SMILES string of the molecule is COC(=O)c1c(C)oc(NC(=O)Cc2ccc(F)cc2)c1-c1nc2ccccc2s1. The lowest BCUT2D eigenvalue weighted by Crippen LogP contribution is -2.14. The topological polar surface area (TPSA) is 81.4 Å². The van der Waals surface area contributed by atoms with Crippen molar-refractivity contribution in [2.24, 2.45) is 0 Å². The second-order valence-corrected chi connectivity index (χ2v) is 7.60. The maximum Gasteiger partial charge on any atom is 0.342 e. The highest BCUT2D eigenvalue weighted by molar-refractivity contribution is 7.21. The van der Waals surface area contributed by atoms with E-state index < -0.39 is 5.97 Å². The zero-order valence-electron chi connectivity index (χ0n) is 16.2. The number of methoxy groups -OCH3 is 1. The van der Waals surface area contributed by atoms with Crippen LogP contribution in [0.4, 0.5) is 10.3 Å². The molecule has 0 bridgehead atoms. The fourth-order valence-electron chi connectivity index (χ4n) is 3.12. The molecule has 8 heteroatoms. The lowest BCUT2D eigenvalue weighted by atomic mass is 10.1. The van der Waals surface area contributed by atoms with Gasteiger partial charge in [-0.3, -0.25) is 10.1 Å². The molecule has 0 aliphatic rings. The number of carbonyl (C=O) groups is 2. The molecular weight excluding hydrogens is 407 g/mol. The Morgan fingerprint density at radius 2 is 1.90 bits per heavy atom. The van der Waals surface area contributed by atoms with Crippen LogP contribution in [0.3, 0.4) is 0 Å². The molecule has 0 aliphatic carbocycles. The van der Waals surface area contributed by atoms with Gasteiger partial charge in [0.1, 0.15) is 22.1 Å². The van der Waals surface area contributed by atoms with Crippen molar-refractivity contribution in [3.8, 4) is 10.6 Å². The molecule has 0 saturated carbocycles. The molecule has 2 heterocycles. The van der Waals surface area contributed by atoms with Gasteiger partial charge in [0, 0.05) is 0 Å². The number of fused-ring (bicyclic) bond motifs is 1. The monoisotopic (exact) mass is 424 g/mol. The summed E-state index contributed by atoms with van der Waals surface area (Å²) in [6, 6.07) is 13.2. The number of para-hydroxylation sites is 1. The van der Waals surface area contributed by atoms with Crippen LogP contribution in [0.25, 0.3) is 20.8 Å². The Morgan fingerprint density at radius 1 is 1.17 bits per heavy atom. The van der Waals surface area contributed by atoms with Crippen LogP contribution in [0.15, 0.2) is 52.9 Å². The molecule has 4 rings (SSSR count). The van der Waals surface area contributed by atoms with Crippen LogP contribution in [-0.4, -0.2) is 24.0 Å². The molecule has 152 valence electrons. The van der Waals surface area contributed by atoms with Crippen LogP contribution in [-0.2, 0) is 16.0 Å². The summed E-state index contributed by atoms with van der Waals surface area (Å²) < 4.78 is 24.7. The number of halogens is 1. The maximum absolute atomic E-state index is 13.1. The first-order valence-corrected chi connectivity index (χ1v) is 9.90. The number of nitrogens with one attached hydrogen (secondary N) is 1. The van der Waals surface area contributed by atoms with Gasteiger partial charge in [0.05, 0.1) is 29.3 Å². The molecule has 0 radical (unpaired) electrons. The number of hydrogen-bond acceptors (Lipinski definition) is 6. The van der Waals surface area contributed by atoms with E-state index in [0.29, 0.717) is 21.9 Å². The van der Waals surface area contributed by atoms with Crippen molar-refractivity contribution in [3.05, 3.63) is 71.2 Å². The largest absolute Gasteiger partial charge is 0.465 e. The second kappa shape index (κ2) is 8.08. The normalized spacial score (nSPS) is 10.9. The number of amides is 1. The number of hydrogen-bond donors (Lipinski definition) is 1. The summed E-state index contributed by atoms with van der Waals surface area (Å²) in [5.41, 5.74) is 2.02. The highest BCUT2D eigenvalue weighted by Gasteiger charge is 2.28. The van der Waals surface area contributed by atoms with E-state index in [-0.39, 0.29) is 29.6 Å². The van der Waals surface area contributed by atoms with Crippen molar-refractivity contribution in [3.63, 3.8) is 0 Å². The molecule has 1 amide bonds. The predicted octanol–water partition coefficient (Wildman–Crippen LogP) is 4.97. The minimum absolute atomic E-state index is 0.0207. The number of aryl methyl sites for hydroxylation is 1. The summed E-state index contributed by atoms with van der Waals surface area (Å²) in [5.74, 6) is -0.882. The van der Waals surface area contributed by atoms with Crippen LogP contribution in [0.1, 0.15) is 21.7 Å². The van der Waals surface area contributed by atoms with Gasteiger partial charge in [0.15, 0.2) is 0 Å². The minimum atomic E-state index is -0.579. The maximum atomic E-state index is 13.1. The van der Waals surface area contributed by atoms with Crippen LogP contribution in [0, 0.1) is 12.7 Å². The Balaban J connectivity index is 1.73. The van der Waals surface area contributed by atoms with Crippen LogP contribution < -0.4 is 5.32 Å². The summed E-state index contributed by atoms with van der Waals surface area (Å²) >= 11 is 1.38. The molecule has 6 nitrogen and oxygen atoms in total. The Bertz CT molecular complexity index is 1210. The summed E-state index contributed by atoms with van der Waals surface area (Å²) in [4.78, 5) is 29.6. The van der Waals surface area contributed by atoms with Crippen LogP contribution >= 0.6 is 11.3 Å². The van der Waals surface area contributed by atoms with E-state index in [1.54, 1.807) is 6.92 Å². The first-order chi connectivity index (χ1) is 14.5. The molecular formula is C22H17FN2O4S. The van der Waals surface area contributed by atoms with Gasteiger partial charge in [0.2, 0.25) is 11.8 Å². The second-order valence-electron chi connectivity index (χ2n) is 6.57. The fraction of sp³-hybridized carbons (Fsp3) is 0.136. The molecule has 30 heavy (non-hydrogen) atoms. The van der Waals surface area contributed by atoms with E-state index in [1.807, 2.05) is 24.3 Å². The predicted molar refractivity (Wildman–Crippen MR) is 112 cm³/mol. The van der Waals surface area contributed by atoms with E-state index in [4.69, 9.17) is 9.15 Å². The Morgan fingerprint density at radius 3 is 2.60 bits per heavy atom. The van der Waals surface area contributed by atoms with Gasteiger partial charge in [-0.15, -0.1) is 11.3 Å². The van der Waals surface area contributed by atoms with E-state index in [0.717, 1.165) is 10.2 Å². The molecule has 2 aromatic heterocycles. The third kappa shape index (κ3) is 3.81. The van der Waals surface area contributed by atoms with Gasteiger partial charge in [-0.1, -0.05) is 24.3 Å². The van der Waals surface area contributed by atoms with Crippen molar-refractivity contribution in [1.82, 2.24) is 4.98 Å².